The molecular formula is C38H40N6O4. The highest BCUT2D eigenvalue weighted by Crippen LogP contribution is 2.52. The molecule has 10 nitrogen and oxygen atoms in total. The van der Waals surface area contributed by atoms with Gasteiger partial charge in [-0.25, -0.2) is 4.79 Å². The first-order chi connectivity index (χ1) is 23.5. The third-order valence-electron chi connectivity index (χ3n) is 10.2. The minimum Gasteiger partial charge on any atom is -0.473 e. The molecule has 4 heterocycles. The average Bonchev–Trinajstić information content (AvgIpc) is 3.40. The van der Waals surface area contributed by atoms with Gasteiger partial charge in [-0.2, -0.15) is 10.1 Å². The zero-order valence-corrected chi connectivity index (χ0v) is 27.1. The number of hydrogen-bond acceptors (Lipinski definition) is 7. The smallest absolute Gasteiger partial charge is 0.407 e. The van der Waals surface area contributed by atoms with Crippen molar-refractivity contribution in [3.05, 3.63) is 102 Å². The summed E-state index contributed by atoms with van der Waals surface area (Å²) in [4.78, 5) is 22.7. The van der Waals surface area contributed by atoms with Crippen LogP contribution in [-0.2, 0) is 20.3 Å². The molecular weight excluding hydrogens is 604 g/mol. The number of fused-ring (bicyclic) bond motifs is 2. The number of benzene rings is 3. The molecule has 5 aromatic rings. The standard InChI is InChI=1S/C38H40N6O4/c1-41-36-28(13-8-14-33(36)43-19-17-42(18-20-43)21-30-31-22-44(38(45)46)23-32(30)31)35(40-41)29-15-16-34(47-24-26-9-4-2-5-10-26)39-37(29)48-25-27-11-6-3-7-12-27/h2-16,30-32H,17-25H2,1H3,(H,45,46)/t30?,31-,32+. The van der Waals surface area contributed by atoms with Gasteiger partial charge in [0.15, 0.2) is 0 Å². The number of pyridine rings is 1. The highest BCUT2D eigenvalue weighted by molar-refractivity contribution is 6.01. The number of rotatable bonds is 10. The number of para-hydroxylation sites is 1. The van der Waals surface area contributed by atoms with Crippen LogP contribution in [0.4, 0.5) is 10.5 Å². The van der Waals surface area contributed by atoms with Crippen LogP contribution in [0.25, 0.3) is 22.2 Å². The minimum atomic E-state index is -0.779. The van der Waals surface area contributed by atoms with E-state index in [1.807, 2.05) is 84.5 Å². The summed E-state index contributed by atoms with van der Waals surface area (Å²) in [6.07, 6.45) is -0.779. The van der Waals surface area contributed by atoms with E-state index in [4.69, 9.17) is 19.6 Å². The molecule has 10 heteroatoms. The van der Waals surface area contributed by atoms with Gasteiger partial charge in [-0.15, -0.1) is 0 Å². The number of aryl methyl sites for hydroxylation is 1. The number of anilines is 1. The molecule has 0 spiro atoms. The van der Waals surface area contributed by atoms with E-state index in [0.29, 0.717) is 55.8 Å². The van der Waals surface area contributed by atoms with E-state index >= 15 is 0 Å². The van der Waals surface area contributed by atoms with E-state index in [1.54, 1.807) is 4.90 Å². The Labute approximate surface area is 280 Å². The average molecular weight is 645 g/mol. The summed E-state index contributed by atoms with van der Waals surface area (Å²) < 4.78 is 14.4. The van der Waals surface area contributed by atoms with E-state index < -0.39 is 6.09 Å². The molecule has 2 saturated heterocycles. The number of amides is 1. The quantitative estimate of drug-likeness (QED) is 0.205. The monoisotopic (exact) mass is 644 g/mol. The van der Waals surface area contributed by atoms with E-state index in [1.165, 1.54) is 5.69 Å². The second kappa shape index (κ2) is 12.8. The number of aromatic nitrogens is 3. The summed E-state index contributed by atoms with van der Waals surface area (Å²) >= 11 is 0. The fraction of sp³-hybridized carbons (Fsp3) is 0.342. The molecule has 3 atom stereocenters. The number of piperazine rings is 1. The lowest BCUT2D eigenvalue weighted by atomic mass is 10.1. The van der Waals surface area contributed by atoms with Gasteiger partial charge in [-0.05, 0) is 41.0 Å². The van der Waals surface area contributed by atoms with Crippen LogP contribution in [-0.4, -0.2) is 81.6 Å². The Morgan fingerprint density at radius 3 is 2.15 bits per heavy atom. The molecule has 1 aliphatic carbocycles. The fourth-order valence-corrected chi connectivity index (χ4v) is 7.57. The van der Waals surface area contributed by atoms with Crippen LogP contribution in [0.1, 0.15) is 11.1 Å². The Kier molecular flexibility index (Phi) is 8.09. The molecule has 0 bridgehead atoms. The lowest BCUT2D eigenvalue weighted by molar-refractivity contribution is 0.145. The van der Waals surface area contributed by atoms with Crippen LogP contribution < -0.4 is 14.4 Å². The normalized spacial score (nSPS) is 20.6. The van der Waals surface area contributed by atoms with E-state index in [2.05, 4.69) is 28.0 Å². The summed E-state index contributed by atoms with van der Waals surface area (Å²) in [6, 6.07) is 30.5. The molecule has 3 aromatic carbocycles. The summed E-state index contributed by atoms with van der Waals surface area (Å²) in [5, 5.41) is 15.4. The van der Waals surface area contributed by atoms with Crippen molar-refractivity contribution < 1.29 is 19.4 Å². The van der Waals surface area contributed by atoms with Gasteiger partial charge in [0.1, 0.15) is 18.9 Å². The molecule has 48 heavy (non-hydrogen) atoms. The van der Waals surface area contributed by atoms with Gasteiger partial charge >= 0.3 is 6.09 Å². The van der Waals surface area contributed by atoms with Gasteiger partial charge in [0.2, 0.25) is 11.8 Å². The first-order valence-electron chi connectivity index (χ1n) is 16.8. The number of carboxylic acid groups (broad SMARTS) is 1. The third-order valence-corrected chi connectivity index (χ3v) is 10.2. The number of ether oxygens (including phenoxy) is 2. The van der Waals surface area contributed by atoms with Crippen LogP contribution in [0.15, 0.2) is 91.0 Å². The van der Waals surface area contributed by atoms with Gasteiger partial charge < -0.3 is 24.4 Å². The Morgan fingerprint density at radius 1 is 0.812 bits per heavy atom. The van der Waals surface area contributed by atoms with Crippen molar-refractivity contribution in [3.63, 3.8) is 0 Å². The van der Waals surface area contributed by atoms with Crippen LogP contribution in [0.3, 0.4) is 0 Å². The molecule has 0 radical (unpaired) electrons. The number of likely N-dealkylation sites (tertiary alicyclic amines) is 1. The Bertz CT molecular complexity index is 1900. The zero-order valence-electron chi connectivity index (χ0n) is 27.1. The second-order valence-corrected chi connectivity index (χ2v) is 13.2. The molecule has 3 fully saturated rings. The fourth-order valence-electron chi connectivity index (χ4n) is 7.57. The molecule has 1 unspecified atom stereocenters. The second-order valence-electron chi connectivity index (χ2n) is 13.2. The lowest BCUT2D eigenvalue weighted by Crippen LogP contribution is -2.47. The topological polar surface area (TPSA) is 96.2 Å². The lowest BCUT2D eigenvalue weighted by Gasteiger charge is -2.36. The zero-order chi connectivity index (χ0) is 32.6. The van der Waals surface area contributed by atoms with Crippen LogP contribution in [0.2, 0.25) is 0 Å². The molecule has 1 saturated carbocycles. The first kappa shape index (κ1) is 30.3. The van der Waals surface area contributed by atoms with Crippen molar-refractivity contribution in [2.24, 2.45) is 24.8 Å². The van der Waals surface area contributed by atoms with Crippen LogP contribution in [0, 0.1) is 17.8 Å². The van der Waals surface area contributed by atoms with Crippen molar-refractivity contribution in [1.82, 2.24) is 24.6 Å². The van der Waals surface area contributed by atoms with Gasteiger partial charge in [0.25, 0.3) is 0 Å². The molecule has 1 N–H and O–H groups in total. The van der Waals surface area contributed by atoms with E-state index in [-0.39, 0.29) is 0 Å². The highest BCUT2D eigenvalue weighted by atomic mass is 16.5. The van der Waals surface area contributed by atoms with Crippen molar-refractivity contribution in [2.75, 3.05) is 50.7 Å². The Hall–Kier alpha value is -5.09. The molecule has 2 aliphatic heterocycles. The van der Waals surface area contributed by atoms with Crippen LogP contribution in [0.5, 0.6) is 11.8 Å². The number of hydrogen-bond donors (Lipinski definition) is 1. The number of nitrogens with zero attached hydrogens (tertiary/aromatic N) is 6. The molecule has 1 amide bonds. The van der Waals surface area contributed by atoms with Crippen LogP contribution >= 0.6 is 0 Å². The van der Waals surface area contributed by atoms with E-state index in [9.17, 15) is 9.90 Å². The maximum Gasteiger partial charge on any atom is 0.407 e. The third kappa shape index (κ3) is 6.04. The molecule has 3 aliphatic rings. The van der Waals surface area contributed by atoms with Gasteiger partial charge in [0.05, 0.1) is 16.8 Å². The van der Waals surface area contributed by atoms with E-state index in [0.717, 1.165) is 66.0 Å². The summed E-state index contributed by atoms with van der Waals surface area (Å²) in [7, 11) is 2.01. The number of piperidine rings is 1. The van der Waals surface area contributed by atoms with Crippen molar-refractivity contribution in [2.45, 2.75) is 13.2 Å². The summed E-state index contributed by atoms with van der Waals surface area (Å²) in [6.45, 7) is 7.12. The minimum absolute atomic E-state index is 0.378. The van der Waals surface area contributed by atoms with Gasteiger partial charge in [-0.1, -0.05) is 72.8 Å². The molecule has 246 valence electrons. The number of carbonyl (C=O) groups is 1. The predicted octanol–water partition coefficient (Wildman–Crippen LogP) is 5.77. The maximum absolute atomic E-state index is 11.3. The highest BCUT2D eigenvalue weighted by Gasteiger charge is 2.56. The van der Waals surface area contributed by atoms with Gasteiger partial charge in [0, 0.05) is 64.3 Å². The first-order valence-corrected chi connectivity index (χ1v) is 16.8. The molecule has 8 rings (SSSR count). The van der Waals surface area contributed by atoms with Crippen molar-refractivity contribution in [1.29, 1.82) is 0 Å². The summed E-state index contributed by atoms with van der Waals surface area (Å²) in [5.41, 5.74) is 6.04. The summed E-state index contributed by atoms with van der Waals surface area (Å²) in [5.74, 6) is 2.71. The van der Waals surface area contributed by atoms with Crippen molar-refractivity contribution >= 4 is 22.7 Å². The maximum atomic E-state index is 11.3. The van der Waals surface area contributed by atoms with Crippen molar-refractivity contribution in [3.8, 4) is 23.0 Å². The predicted molar refractivity (Wildman–Crippen MR) is 184 cm³/mol. The molecule has 2 aromatic heterocycles. The SMILES string of the molecule is Cn1nc(-c2ccc(OCc3ccccc3)nc2OCc2ccccc2)c2cccc(N3CCN(CC4[C@H]5CN(C(=O)O)C[C@@H]45)CC3)c21. The van der Waals surface area contributed by atoms with Gasteiger partial charge in [-0.3, -0.25) is 9.58 Å². The Morgan fingerprint density at radius 2 is 1.48 bits per heavy atom. The largest absolute Gasteiger partial charge is 0.473 e. The Balaban J connectivity index is 1.01.